The molecule has 3 aromatic rings. The highest BCUT2D eigenvalue weighted by molar-refractivity contribution is 6.05. The van der Waals surface area contributed by atoms with Crippen LogP contribution in [0.2, 0.25) is 0 Å². The van der Waals surface area contributed by atoms with Crippen molar-refractivity contribution < 1.29 is 14.3 Å². The van der Waals surface area contributed by atoms with Crippen LogP contribution in [0, 0.1) is 0 Å². The molecule has 0 bridgehead atoms. The van der Waals surface area contributed by atoms with E-state index in [-0.39, 0.29) is 11.8 Å². The van der Waals surface area contributed by atoms with Gasteiger partial charge in [0.1, 0.15) is 12.4 Å². The SMILES string of the molecule is CC(=O)N1CCOc2ccc(NC(=O)c3ccc(-c4ccccc4)cc3)cc21. The summed E-state index contributed by atoms with van der Waals surface area (Å²) >= 11 is 0. The van der Waals surface area contributed by atoms with Crippen molar-refractivity contribution in [3.8, 4) is 16.9 Å². The average molecular weight is 372 g/mol. The molecule has 0 saturated heterocycles. The molecule has 1 aliphatic rings. The van der Waals surface area contributed by atoms with Crippen LogP contribution in [0.15, 0.2) is 72.8 Å². The predicted molar refractivity (Wildman–Crippen MR) is 110 cm³/mol. The summed E-state index contributed by atoms with van der Waals surface area (Å²) in [5.74, 6) is 0.391. The number of fused-ring (bicyclic) bond motifs is 1. The first-order chi connectivity index (χ1) is 13.6. The summed E-state index contributed by atoms with van der Waals surface area (Å²) in [5.41, 5.74) is 4.02. The maximum absolute atomic E-state index is 12.6. The molecule has 140 valence electrons. The quantitative estimate of drug-likeness (QED) is 0.744. The predicted octanol–water partition coefficient (Wildman–Crippen LogP) is 4.35. The van der Waals surface area contributed by atoms with Gasteiger partial charge in [-0.15, -0.1) is 0 Å². The first kappa shape index (κ1) is 17.8. The first-order valence-corrected chi connectivity index (χ1v) is 9.13. The molecule has 1 heterocycles. The second kappa shape index (κ2) is 7.56. The van der Waals surface area contributed by atoms with Crippen molar-refractivity contribution in [2.75, 3.05) is 23.4 Å². The summed E-state index contributed by atoms with van der Waals surface area (Å²) in [7, 11) is 0. The molecule has 0 atom stereocenters. The fraction of sp³-hybridized carbons (Fsp3) is 0.130. The molecule has 5 heteroatoms. The minimum Gasteiger partial charge on any atom is -0.490 e. The molecule has 1 aliphatic heterocycles. The Hall–Kier alpha value is -3.60. The van der Waals surface area contributed by atoms with Crippen LogP contribution >= 0.6 is 0 Å². The summed E-state index contributed by atoms with van der Waals surface area (Å²) < 4.78 is 5.60. The lowest BCUT2D eigenvalue weighted by Crippen LogP contribution is -2.36. The van der Waals surface area contributed by atoms with Crippen LogP contribution in [0.3, 0.4) is 0 Å². The zero-order chi connectivity index (χ0) is 19.5. The Bertz CT molecular complexity index is 1010. The van der Waals surface area contributed by atoms with Crippen LogP contribution in [0.1, 0.15) is 17.3 Å². The van der Waals surface area contributed by atoms with Crippen LogP contribution < -0.4 is 15.0 Å². The van der Waals surface area contributed by atoms with Crippen LogP contribution in [0.5, 0.6) is 5.75 Å². The summed E-state index contributed by atoms with van der Waals surface area (Å²) in [6.07, 6.45) is 0. The van der Waals surface area contributed by atoms with Gasteiger partial charge in [0.25, 0.3) is 5.91 Å². The van der Waals surface area contributed by atoms with Crippen LogP contribution in [-0.4, -0.2) is 25.0 Å². The summed E-state index contributed by atoms with van der Waals surface area (Å²) in [4.78, 5) is 26.1. The Kier molecular flexibility index (Phi) is 4.81. The van der Waals surface area contributed by atoms with E-state index in [4.69, 9.17) is 4.74 Å². The van der Waals surface area contributed by atoms with Gasteiger partial charge < -0.3 is 15.0 Å². The summed E-state index contributed by atoms with van der Waals surface area (Å²) in [5, 5.41) is 2.89. The van der Waals surface area contributed by atoms with Gasteiger partial charge in [-0.3, -0.25) is 9.59 Å². The number of rotatable bonds is 3. The lowest BCUT2D eigenvalue weighted by atomic mass is 10.0. The standard InChI is InChI=1S/C23H20N2O3/c1-16(26)25-13-14-28-22-12-11-20(15-21(22)25)24-23(27)19-9-7-18(8-10-19)17-5-3-2-4-6-17/h2-12,15H,13-14H2,1H3,(H,24,27). The van der Waals surface area contributed by atoms with Gasteiger partial charge in [0, 0.05) is 18.2 Å². The van der Waals surface area contributed by atoms with E-state index < -0.39 is 0 Å². The Labute approximate surface area is 163 Å². The third-order valence-corrected chi connectivity index (χ3v) is 4.71. The number of nitrogens with one attached hydrogen (secondary N) is 1. The van der Waals surface area contributed by atoms with E-state index >= 15 is 0 Å². The van der Waals surface area contributed by atoms with Crippen molar-refractivity contribution in [1.82, 2.24) is 0 Å². The third-order valence-electron chi connectivity index (χ3n) is 4.71. The zero-order valence-electron chi connectivity index (χ0n) is 15.5. The molecule has 5 nitrogen and oxygen atoms in total. The number of hydrogen-bond donors (Lipinski definition) is 1. The van der Waals surface area contributed by atoms with Gasteiger partial charge in [-0.2, -0.15) is 0 Å². The van der Waals surface area contributed by atoms with E-state index in [1.165, 1.54) is 6.92 Å². The van der Waals surface area contributed by atoms with Crippen LogP contribution in [-0.2, 0) is 4.79 Å². The highest BCUT2D eigenvalue weighted by Gasteiger charge is 2.21. The van der Waals surface area contributed by atoms with Crippen LogP contribution in [0.4, 0.5) is 11.4 Å². The molecule has 0 aliphatic carbocycles. The minimum absolute atomic E-state index is 0.0514. The monoisotopic (exact) mass is 372 g/mol. The second-order valence-corrected chi connectivity index (χ2v) is 6.60. The smallest absolute Gasteiger partial charge is 0.255 e. The molecule has 28 heavy (non-hydrogen) atoms. The van der Waals surface area contributed by atoms with E-state index in [0.29, 0.717) is 35.8 Å². The van der Waals surface area contributed by atoms with Gasteiger partial charge in [-0.05, 0) is 41.5 Å². The Morgan fingerprint density at radius 3 is 2.36 bits per heavy atom. The fourth-order valence-electron chi connectivity index (χ4n) is 3.27. The van der Waals surface area contributed by atoms with Crippen molar-refractivity contribution in [2.24, 2.45) is 0 Å². The lowest BCUT2D eigenvalue weighted by Gasteiger charge is -2.29. The second-order valence-electron chi connectivity index (χ2n) is 6.60. The number of ether oxygens (including phenoxy) is 1. The number of carbonyl (C=O) groups excluding carboxylic acids is 2. The number of hydrogen-bond acceptors (Lipinski definition) is 3. The molecule has 2 amide bonds. The maximum Gasteiger partial charge on any atom is 0.255 e. The zero-order valence-corrected chi connectivity index (χ0v) is 15.5. The highest BCUT2D eigenvalue weighted by atomic mass is 16.5. The summed E-state index contributed by atoms with van der Waals surface area (Å²) in [6.45, 7) is 2.49. The van der Waals surface area contributed by atoms with Gasteiger partial charge in [0.05, 0.1) is 12.2 Å². The van der Waals surface area contributed by atoms with Gasteiger partial charge in [-0.25, -0.2) is 0 Å². The first-order valence-electron chi connectivity index (χ1n) is 9.13. The average Bonchev–Trinajstić information content (AvgIpc) is 2.74. The largest absolute Gasteiger partial charge is 0.490 e. The van der Waals surface area contributed by atoms with E-state index in [9.17, 15) is 9.59 Å². The van der Waals surface area contributed by atoms with E-state index in [0.717, 1.165) is 11.1 Å². The lowest BCUT2D eigenvalue weighted by molar-refractivity contribution is -0.116. The number of benzene rings is 3. The molecule has 0 radical (unpaired) electrons. The normalized spacial score (nSPS) is 12.7. The number of carbonyl (C=O) groups is 2. The van der Waals surface area contributed by atoms with Gasteiger partial charge in [-0.1, -0.05) is 42.5 Å². The van der Waals surface area contributed by atoms with E-state index in [1.54, 1.807) is 35.2 Å². The van der Waals surface area contributed by atoms with Gasteiger partial charge in [0.15, 0.2) is 0 Å². The fourth-order valence-corrected chi connectivity index (χ4v) is 3.27. The van der Waals surface area contributed by atoms with Crippen molar-refractivity contribution in [2.45, 2.75) is 6.92 Å². The molecule has 0 aromatic heterocycles. The minimum atomic E-state index is -0.203. The molecule has 0 saturated carbocycles. The molecule has 0 spiro atoms. The molecule has 3 aromatic carbocycles. The Morgan fingerprint density at radius 2 is 1.64 bits per heavy atom. The molecule has 0 unspecified atom stereocenters. The maximum atomic E-state index is 12.6. The Morgan fingerprint density at radius 1 is 0.929 bits per heavy atom. The van der Waals surface area contributed by atoms with Crippen molar-refractivity contribution in [1.29, 1.82) is 0 Å². The molecule has 0 fully saturated rings. The number of anilines is 2. The van der Waals surface area contributed by atoms with Gasteiger partial charge >= 0.3 is 0 Å². The highest BCUT2D eigenvalue weighted by Crippen LogP contribution is 2.34. The van der Waals surface area contributed by atoms with E-state index in [2.05, 4.69) is 5.32 Å². The molecular formula is C23H20N2O3. The Balaban J connectivity index is 1.52. The van der Waals surface area contributed by atoms with Crippen molar-refractivity contribution >= 4 is 23.2 Å². The van der Waals surface area contributed by atoms with Crippen molar-refractivity contribution in [3.05, 3.63) is 78.4 Å². The van der Waals surface area contributed by atoms with E-state index in [1.807, 2.05) is 42.5 Å². The summed E-state index contributed by atoms with van der Waals surface area (Å²) in [6, 6.07) is 22.8. The third kappa shape index (κ3) is 3.60. The van der Waals surface area contributed by atoms with Crippen LogP contribution in [0.25, 0.3) is 11.1 Å². The molecular weight excluding hydrogens is 352 g/mol. The molecule has 4 rings (SSSR count). The topological polar surface area (TPSA) is 58.6 Å². The molecule has 1 N–H and O–H groups in total. The number of nitrogens with zero attached hydrogens (tertiary/aromatic N) is 1. The van der Waals surface area contributed by atoms with Gasteiger partial charge in [0.2, 0.25) is 5.91 Å². The number of amides is 2. The van der Waals surface area contributed by atoms with Crippen molar-refractivity contribution in [3.63, 3.8) is 0 Å².